The highest BCUT2D eigenvalue weighted by atomic mass is 32.1. The van der Waals surface area contributed by atoms with Crippen LogP contribution in [-0.4, -0.2) is 55.2 Å². The normalized spacial score (nSPS) is 20.3. The number of aliphatic hydroxyl groups excluding tert-OH is 1. The van der Waals surface area contributed by atoms with Gasteiger partial charge in [0.05, 0.1) is 18.2 Å². The fraction of sp³-hybridized carbons (Fsp3) is 0.333. The SMILES string of the molecule is COCCN1C(=O)C(=O)/C(=C(\O)c2ccc3c(c2)OCCO3)C1c1sccc1C. The van der Waals surface area contributed by atoms with E-state index in [-0.39, 0.29) is 24.5 Å². The Morgan fingerprint density at radius 2 is 2.00 bits per heavy atom. The van der Waals surface area contributed by atoms with Crippen molar-refractivity contribution in [3.05, 3.63) is 51.2 Å². The van der Waals surface area contributed by atoms with Crippen LogP contribution in [0.2, 0.25) is 0 Å². The molecular formula is C21H21NO6S. The molecule has 0 aliphatic carbocycles. The lowest BCUT2D eigenvalue weighted by atomic mass is 9.98. The molecule has 8 heteroatoms. The second-order valence-electron chi connectivity index (χ2n) is 6.81. The molecule has 1 amide bonds. The van der Waals surface area contributed by atoms with E-state index in [1.54, 1.807) is 18.2 Å². The number of thiophene rings is 1. The number of aliphatic hydroxyl groups is 1. The number of benzene rings is 1. The van der Waals surface area contributed by atoms with Gasteiger partial charge in [0.2, 0.25) is 0 Å². The van der Waals surface area contributed by atoms with Gasteiger partial charge >= 0.3 is 0 Å². The van der Waals surface area contributed by atoms with Crippen LogP contribution in [-0.2, 0) is 14.3 Å². The third-order valence-electron chi connectivity index (χ3n) is 5.04. The molecule has 2 aliphatic heterocycles. The lowest BCUT2D eigenvalue weighted by Crippen LogP contribution is -2.32. The molecule has 3 heterocycles. The van der Waals surface area contributed by atoms with Crippen LogP contribution in [0, 0.1) is 6.92 Å². The van der Waals surface area contributed by atoms with Gasteiger partial charge in [-0.25, -0.2) is 0 Å². The van der Waals surface area contributed by atoms with Crippen LogP contribution in [0.5, 0.6) is 11.5 Å². The number of rotatable bonds is 5. The van der Waals surface area contributed by atoms with E-state index in [1.807, 2.05) is 18.4 Å². The molecule has 1 aromatic heterocycles. The summed E-state index contributed by atoms with van der Waals surface area (Å²) in [6.45, 7) is 3.33. The number of Topliss-reactive ketones (excluding diaryl/α,β-unsaturated/α-hetero) is 1. The average Bonchev–Trinajstić information content (AvgIpc) is 3.26. The van der Waals surface area contributed by atoms with E-state index in [0.29, 0.717) is 30.3 Å². The minimum absolute atomic E-state index is 0.0772. The molecule has 7 nitrogen and oxygen atoms in total. The van der Waals surface area contributed by atoms with Crippen molar-refractivity contribution >= 4 is 28.8 Å². The summed E-state index contributed by atoms with van der Waals surface area (Å²) in [4.78, 5) is 28.0. The summed E-state index contributed by atoms with van der Waals surface area (Å²) in [5.41, 5.74) is 1.43. The second-order valence-corrected chi connectivity index (χ2v) is 7.76. The molecule has 0 saturated carbocycles. The Kier molecular flexibility index (Phi) is 5.29. The molecule has 1 N–H and O–H groups in total. The van der Waals surface area contributed by atoms with E-state index in [2.05, 4.69) is 0 Å². The first kappa shape index (κ1) is 19.5. The van der Waals surface area contributed by atoms with Crippen molar-refractivity contribution in [3.8, 4) is 11.5 Å². The Bertz CT molecular complexity index is 995. The minimum Gasteiger partial charge on any atom is -0.507 e. The molecule has 1 fully saturated rings. The number of hydrogen-bond acceptors (Lipinski definition) is 7. The van der Waals surface area contributed by atoms with Crippen LogP contribution in [0.4, 0.5) is 0 Å². The van der Waals surface area contributed by atoms with Crippen LogP contribution >= 0.6 is 11.3 Å². The van der Waals surface area contributed by atoms with Gasteiger partial charge in [-0.05, 0) is 42.1 Å². The number of methoxy groups -OCH3 is 1. The molecule has 152 valence electrons. The first-order valence-corrected chi connectivity index (χ1v) is 10.1. The van der Waals surface area contributed by atoms with Crippen LogP contribution in [0.25, 0.3) is 5.76 Å². The summed E-state index contributed by atoms with van der Waals surface area (Å²) in [6.07, 6.45) is 0. The fourth-order valence-corrected chi connectivity index (χ4v) is 4.63. The Labute approximate surface area is 172 Å². The van der Waals surface area contributed by atoms with Gasteiger partial charge in [0.1, 0.15) is 19.0 Å². The molecule has 4 rings (SSSR count). The maximum Gasteiger partial charge on any atom is 0.295 e. The van der Waals surface area contributed by atoms with Crippen molar-refractivity contribution in [2.24, 2.45) is 0 Å². The first-order chi connectivity index (χ1) is 14.0. The van der Waals surface area contributed by atoms with E-state index >= 15 is 0 Å². The van der Waals surface area contributed by atoms with Gasteiger partial charge in [0.25, 0.3) is 11.7 Å². The summed E-state index contributed by atoms with van der Waals surface area (Å²) in [5, 5.41) is 13.0. The third kappa shape index (κ3) is 3.38. The Hall–Kier alpha value is -2.84. The number of nitrogens with zero attached hydrogens (tertiary/aromatic N) is 1. The average molecular weight is 415 g/mol. The highest BCUT2D eigenvalue weighted by Crippen LogP contribution is 2.43. The Balaban J connectivity index is 1.83. The maximum absolute atomic E-state index is 12.9. The molecule has 2 aromatic rings. The summed E-state index contributed by atoms with van der Waals surface area (Å²) in [6, 6.07) is 6.25. The fourth-order valence-electron chi connectivity index (χ4n) is 3.58. The minimum atomic E-state index is -0.703. The van der Waals surface area contributed by atoms with Crippen molar-refractivity contribution in [3.63, 3.8) is 0 Å². The van der Waals surface area contributed by atoms with Crippen molar-refractivity contribution in [1.29, 1.82) is 0 Å². The van der Waals surface area contributed by atoms with Gasteiger partial charge in [-0.3, -0.25) is 9.59 Å². The number of likely N-dealkylation sites (tertiary alicyclic amines) is 1. The lowest BCUT2D eigenvalue weighted by molar-refractivity contribution is -0.140. The Morgan fingerprint density at radius 3 is 2.69 bits per heavy atom. The van der Waals surface area contributed by atoms with Crippen LogP contribution < -0.4 is 9.47 Å². The van der Waals surface area contributed by atoms with E-state index < -0.39 is 17.7 Å². The molecule has 29 heavy (non-hydrogen) atoms. The number of ketones is 1. The molecular weight excluding hydrogens is 394 g/mol. The topological polar surface area (TPSA) is 85.3 Å². The highest BCUT2D eigenvalue weighted by molar-refractivity contribution is 7.10. The van der Waals surface area contributed by atoms with Gasteiger partial charge in [-0.15, -0.1) is 11.3 Å². The molecule has 0 radical (unpaired) electrons. The molecule has 1 aromatic carbocycles. The van der Waals surface area contributed by atoms with E-state index in [1.165, 1.54) is 23.3 Å². The summed E-state index contributed by atoms with van der Waals surface area (Å²) >= 11 is 1.45. The number of carbonyl (C=O) groups is 2. The van der Waals surface area contributed by atoms with Crippen molar-refractivity contribution < 1.29 is 28.9 Å². The van der Waals surface area contributed by atoms with Gasteiger partial charge in [0.15, 0.2) is 11.5 Å². The first-order valence-electron chi connectivity index (χ1n) is 9.24. The number of fused-ring (bicyclic) bond motifs is 1. The third-order valence-corrected chi connectivity index (χ3v) is 6.11. The molecule has 1 unspecified atom stereocenters. The van der Waals surface area contributed by atoms with Gasteiger partial charge < -0.3 is 24.2 Å². The van der Waals surface area contributed by atoms with Crippen LogP contribution in [0.15, 0.2) is 35.2 Å². The number of amides is 1. The van der Waals surface area contributed by atoms with Crippen LogP contribution in [0.3, 0.4) is 0 Å². The zero-order valence-electron chi connectivity index (χ0n) is 16.1. The van der Waals surface area contributed by atoms with Gasteiger partial charge in [-0.2, -0.15) is 0 Å². The number of ether oxygens (including phenoxy) is 3. The molecule has 0 spiro atoms. The van der Waals surface area contributed by atoms with E-state index in [0.717, 1.165) is 10.4 Å². The zero-order valence-corrected chi connectivity index (χ0v) is 17.0. The predicted molar refractivity (Wildman–Crippen MR) is 107 cm³/mol. The number of hydrogen-bond donors (Lipinski definition) is 1. The molecule has 0 bridgehead atoms. The number of aryl methyl sites for hydroxylation is 1. The standard InChI is InChI=1S/C21H21NO6S/c1-12-5-10-29-20(12)17-16(19(24)21(25)22(17)6-7-26-2)18(23)13-3-4-14-15(11-13)28-9-8-27-14/h3-5,10-11,17,23H,6-9H2,1-2H3/b18-16-. The molecule has 1 saturated heterocycles. The number of carbonyl (C=O) groups excluding carboxylic acids is 2. The quantitative estimate of drug-likeness (QED) is 0.459. The second kappa shape index (κ2) is 7.88. The van der Waals surface area contributed by atoms with Crippen molar-refractivity contribution in [2.45, 2.75) is 13.0 Å². The highest BCUT2D eigenvalue weighted by Gasteiger charge is 2.46. The van der Waals surface area contributed by atoms with Gasteiger partial charge in [0, 0.05) is 24.1 Å². The van der Waals surface area contributed by atoms with Crippen molar-refractivity contribution in [2.75, 3.05) is 33.5 Å². The summed E-state index contributed by atoms with van der Waals surface area (Å²) in [5.74, 6) is -0.486. The monoisotopic (exact) mass is 415 g/mol. The lowest BCUT2D eigenvalue weighted by Gasteiger charge is -2.24. The smallest absolute Gasteiger partial charge is 0.295 e. The maximum atomic E-state index is 12.9. The Morgan fingerprint density at radius 1 is 1.24 bits per heavy atom. The van der Waals surface area contributed by atoms with Crippen molar-refractivity contribution in [1.82, 2.24) is 4.90 Å². The van der Waals surface area contributed by atoms with E-state index in [4.69, 9.17) is 14.2 Å². The summed E-state index contributed by atoms with van der Waals surface area (Å²) < 4.78 is 16.2. The van der Waals surface area contributed by atoms with Gasteiger partial charge in [-0.1, -0.05) is 0 Å². The molecule has 2 aliphatic rings. The van der Waals surface area contributed by atoms with E-state index in [9.17, 15) is 14.7 Å². The van der Waals surface area contributed by atoms with Crippen LogP contribution in [0.1, 0.15) is 22.0 Å². The summed E-state index contributed by atoms with van der Waals surface area (Å²) in [7, 11) is 1.54. The largest absolute Gasteiger partial charge is 0.507 e. The zero-order chi connectivity index (χ0) is 20.5. The molecule has 1 atom stereocenters. The predicted octanol–water partition coefficient (Wildman–Crippen LogP) is 2.90.